The molecule has 2 heterocycles. The number of benzene rings is 1. The molecule has 1 aromatic heterocycles. The second kappa shape index (κ2) is 6.57. The van der Waals surface area contributed by atoms with E-state index in [9.17, 15) is 9.18 Å². The number of piperidine rings is 1. The van der Waals surface area contributed by atoms with Crippen LogP contribution in [0.2, 0.25) is 0 Å². The number of thiazole rings is 1. The van der Waals surface area contributed by atoms with Crippen molar-refractivity contribution in [3.8, 4) is 0 Å². The second-order valence-corrected chi connectivity index (χ2v) is 6.62. The summed E-state index contributed by atoms with van der Waals surface area (Å²) in [4.78, 5) is 19.1. The Morgan fingerprint density at radius 3 is 3.05 bits per heavy atom. The average molecular weight is 318 g/mol. The lowest BCUT2D eigenvalue weighted by molar-refractivity contribution is -0.134. The monoisotopic (exact) mass is 318 g/mol. The smallest absolute Gasteiger partial charge is 0.227 e. The third kappa shape index (κ3) is 3.35. The summed E-state index contributed by atoms with van der Waals surface area (Å²) in [6.07, 6.45) is 3.35. The van der Waals surface area contributed by atoms with E-state index in [1.807, 2.05) is 17.2 Å². The average Bonchev–Trinajstić information content (AvgIpc) is 2.94. The van der Waals surface area contributed by atoms with Crippen molar-refractivity contribution in [2.45, 2.75) is 38.6 Å². The van der Waals surface area contributed by atoms with Gasteiger partial charge in [-0.05, 0) is 43.9 Å². The van der Waals surface area contributed by atoms with Gasteiger partial charge in [-0.1, -0.05) is 12.1 Å². The van der Waals surface area contributed by atoms with Crippen LogP contribution in [0.25, 0.3) is 0 Å². The van der Waals surface area contributed by atoms with Crippen LogP contribution in [0.3, 0.4) is 0 Å². The number of nitrogens with zero attached hydrogens (tertiary/aromatic N) is 2. The maximum absolute atomic E-state index is 13.3. The number of hydrogen-bond acceptors (Lipinski definition) is 3. The molecule has 1 amide bonds. The van der Waals surface area contributed by atoms with Crippen molar-refractivity contribution in [2.75, 3.05) is 6.54 Å². The molecule has 0 N–H and O–H groups in total. The van der Waals surface area contributed by atoms with Crippen LogP contribution in [0.15, 0.2) is 29.6 Å². The Hall–Kier alpha value is -1.75. The molecular formula is C17H19FN2OS. The van der Waals surface area contributed by atoms with E-state index in [-0.39, 0.29) is 24.2 Å². The number of rotatable bonds is 3. The fourth-order valence-electron chi connectivity index (χ4n) is 2.94. The predicted molar refractivity (Wildman–Crippen MR) is 85.3 cm³/mol. The predicted octanol–water partition coefficient (Wildman–Crippen LogP) is 3.89. The third-order valence-corrected chi connectivity index (χ3v) is 5.05. The van der Waals surface area contributed by atoms with E-state index >= 15 is 0 Å². The Balaban J connectivity index is 1.76. The van der Waals surface area contributed by atoms with Gasteiger partial charge >= 0.3 is 0 Å². The summed E-state index contributed by atoms with van der Waals surface area (Å²) in [5.74, 6) is -0.237. The standard InChI is InChI=1S/C17H19FN2OS/c1-12-11-22-17(19-12)15-7-2-3-8-20(15)16(21)10-13-5-4-6-14(18)9-13/h4-6,9,11,15H,2-3,7-8,10H2,1H3/t15-/m1/s1. The highest BCUT2D eigenvalue weighted by Crippen LogP contribution is 2.33. The molecule has 1 atom stereocenters. The number of likely N-dealkylation sites (tertiary alicyclic amines) is 1. The molecule has 0 saturated carbocycles. The van der Waals surface area contributed by atoms with Crippen molar-refractivity contribution in [3.63, 3.8) is 0 Å². The van der Waals surface area contributed by atoms with Crippen LogP contribution in [0.1, 0.15) is 41.6 Å². The molecule has 1 aliphatic rings. The van der Waals surface area contributed by atoms with Gasteiger partial charge in [0.15, 0.2) is 0 Å². The number of carbonyl (C=O) groups excluding carboxylic acids is 1. The van der Waals surface area contributed by atoms with E-state index < -0.39 is 0 Å². The molecule has 1 saturated heterocycles. The minimum Gasteiger partial charge on any atom is -0.333 e. The minimum atomic E-state index is -0.295. The maximum atomic E-state index is 13.3. The van der Waals surface area contributed by atoms with Crippen molar-refractivity contribution in [2.24, 2.45) is 0 Å². The Kier molecular flexibility index (Phi) is 4.52. The second-order valence-electron chi connectivity index (χ2n) is 5.73. The number of hydrogen-bond donors (Lipinski definition) is 0. The lowest BCUT2D eigenvalue weighted by Crippen LogP contribution is -2.39. The van der Waals surface area contributed by atoms with Gasteiger partial charge in [0.25, 0.3) is 0 Å². The maximum Gasteiger partial charge on any atom is 0.227 e. The van der Waals surface area contributed by atoms with Gasteiger partial charge in [0.2, 0.25) is 5.91 Å². The number of carbonyl (C=O) groups is 1. The molecule has 2 aromatic rings. The van der Waals surface area contributed by atoms with E-state index in [4.69, 9.17) is 0 Å². The lowest BCUT2D eigenvalue weighted by atomic mass is 10.0. The number of halogens is 1. The Bertz CT molecular complexity index is 670. The fourth-order valence-corrected chi connectivity index (χ4v) is 3.88. The number of aromatic nitrogens is 1. The largest absolute Gasteiger partial charge is 0.333 e. The van der Waals surface area contributed by atoms with Crippen LogP contribution >= 0.6 is 11.3 Å². The number of aryl methyl sites for hydroxylation is 1. The van der Waals surface area contributed by atoms with E-state index in [2.05, 4.69) is 4.98 Å². The van der Waals surface area contributed by atoms with Crippen molar-refractivity contribution >= 4 is 17.2 Å². The molecule has 0 bridgehead atoms. The van der Waals surface area contributed by atoms with Crippen LogP contribution < -0.4 is 0 Å². The molecule has 3 nitrogen and oxygen atoms in total. The summed E-state index contributed by atoms with van der Waals surface area (Å²) in [6.45, 7) is 2.74. The summed E-state index contributed by atoms with van der Waals surface area (Å²) in [7, 11) is 0. The first-order valence-electron chi connectivity index (χ1n) is 7.59. The molecule has 116 valence electrons. The van der Waals surface area contributed by atoms with Crippen LogP contribution in [-0.2, 0) is 11.2 Å². The van der Waals surface area contributed by atoms with Gasteiger partial charge in [0, 0.05) is 17.6 Å². The van der Waals surface area contributed by atoms with Crippen molar-refractivity contribution in [1.82, 2.24) is 9.88 Å². The lowest BCUT2D eigenvalue weighted by Gasteiger charge is -2.34. The molecule has 3 rings (SSSR count). The van der Waals surface area contributed by atoms with E-state index in [1.165, 1.54) is 12.1 Å². The first kappa shape index (κ1) is 15.2. The van der Waals surface area contributed by atoms with Gasteiger partial charge in [-0.2, -0.15) is 0 Å². The quantitative estimate of drug-likeness (QED) is 0.860. The zero-order valence-corrected chi connectivity index (χ0v) is 13.4. The fraction of sp³-hybridized carbons (Fsp3) is 0.412. The zero-order valence-electron chi connectivity index (χ0n) is 12.6. The highest BCUT2D eigenvalue weighted by atomic mass is 32.1. The van der Waals surface area contributed by atoms with Gasteiger partial charge in [0.1, 0.15) is 10.8 Å². The zero-order chi connectivity index (χ0) is 15.5. The molecule has 0 aliphatic carbocycles. The molecule has 1 aromatic carbocycles. The minimum absolute atomic E-state index is 0.0585. The van der Waals surface area contributed by atoms with Gasteiger partial charge in [-0.25, -0.2) is 9.37 Å². The first-order valence-corrected chi connectivity index (χ1v) is 8.47. The normalized spacial score (nSPS) is 18.5. The summed E-state index contributed by atoms with van der Waals surface area (Å²) < 4.78 is 13.3. The molecule has 22 heavy (non-hydrogen) atoms. The van der Waals surface area contributed by atoms with E-state index in [1.54, 1.807) is 23.5 Å². The summed E-state index contributed by atoms with van der Waals surface area (Å²) in [5.41, 5.74) is 1.73. The van der Waals surface area contributed by atoms with Crippen LogP contribution in [0.4, 0.5) is 4.39 Å². The molecule has 5 heteroatoms. The Morgan fingerprint density at radius 2 is 2.32 bits per heavy atom. The molecule has 1 aliphatic heterocycles. The van der Waals surface area contributed by atoms with Gasteiger partial charge in [-0.3, -0.25) is 4.79 Å². The SMILES string of the molecule is Cc1csc([C@H]2CCCCN2C(=O)Cc2cccc(F)c2)n1. The summed E-state index contributed by atoms with van der Waals surface area (Å²) in [5, 5.41) is 3.05. The van der Waals surface area contributed by atoms with Crippen molar-refractivity contribution < 1.29 is 9.18 Å². The number of amides is 1. The first-order chi connectivity index (χ1) is 10.6. The van der Waals surface area contributed by atoms with Gasteiger partial charge in [0.05, 0.1) is 12.5 Å². The van der Waals surface area contributed by atoms with Crippen LogP contribution in [0.5, 0.6) is 0 Å². The molecule has 0 unspecified atom stereocenters. The topological polar surface area (TPSA) is 33.2 Å². The highest BCUT2D eigenvalue weighted by Gasteiger charge is 2.29. The van der Waals surface area contributed by atoms with Crippen molar-refractivity contribution in [3.05, 3.63) is 51.7 Å². The molecule has 0 radical (unpaired) electrons. The Labute approximate surface area is 133 Å². The molecular weight excluding hydrogens is 299 g/mol. The van der Waals surface area contributed by atoms with Gasteiger partial charge in [-0.15, -0.1) is 11.3 Å². The van der Waals surface area contributed by atoms with E-state index in [0.29, 0.717) is 0 Å². The molecule has 1 fully saturated rings. The summed E-state index contributed by atoms with van der Waals surface area (Å²) in [6, 6.07) is 6.36. The van der Waals surface area contributed by atoms with Gasteiger partial charge < -0.3 is 4.90 Å². The van der Waals surface area contributed by atoms with Crippen molar-refractivity contribution in [1.29, 1.82) is 0 Å². The highest BCUT2D eigenvalue weighted by molar-refractivity contribution is 7.09. The summed E-state index contributed by atoms with van der Waals surface area (Å²) >= 11 is 1.62. The van der Waals surface area contributed by atoms with Crippen LogP contribution in [0, 0.1) is 12.7 Å². The Morgan fingerprint density at radius 1 is 1.45 bits per heavy atom. The third-order valence-electron chi connectivity index (χ3n) is 3.99. The molecule has 0 spiro atoms. The van der Waals surface area contributed by atoms with E-state index in [0.717, 1.165) is 42.1 Å². The van der Waals surface area contributed by atoms with Crippen LogP contribution in [-0.4, -0.2) is 22.3 Å².